The van der Waals surface area contributed by atoms with E-state index in [0.29, 0.717) is 12.4 Å². The van der Waals surface area contributed by atoms with Crippen LogP contribution in [-0.4, -0.2) is 26.9 Å². The second kappa shape index (κ2) is 5.87. The molecule has 0 saturated carbocycles. The van der Waals surface area contributed by atoms with Crippen molar-refractivity contribution < 1.29 is 14.7 Å². The number of hydrogen-bond donors (Lipinski definition) is 3. The molecule has 7 nitrogen and oxygen atoms in total. The number of rotatable bonds is 4. The molecule has 0 saturated heterocycles. The number of carbonyl (C=O) groups excluding carboxylic acids is 1. The third-order valence-corrected chi connectivity index (χ3v) is 2.72. The van der Waals surface area contributed by atoms with Crippen molar-refractivity contribution in [1.29, 1.82) is 0 Å². The summed E-state index contributed by atoms with van der Waals surface area (Å²) in [6.07, 6.45) is 1.58. The zero-order valence-corrected chi connectivity index (χ0v) is 10.8. The van der Waals surface area contributed by atoms with Gasteiger partial charge in [0.2, 0.25) is 0 Å². The summed E-state index contributed by atoms with van der Waals surface area (Å²) in [6, 6.07) is 7.65. The Labute approximate surface area is 115 Å². The molecule has 0 aliphatic rings. The van der Waals surface area contributed by atoms with Gasteiger partial charge in [-0.1, -0.05) is 12.1 Å². The van der Waals surface area contributed by atoms with Gasteiger partial charge in [0.05, 0.1) is 11.8 Å². The topological polar surface area (TPSA) is 96.3 Å². The Morgan fingerprint density at radius 2 is 1.95 bits per heavy atom. The fraction of sp³-hybridized carbons (Fsp3) is 0.154. The van der Waals surface area contributed by atoms with E-state index in [-0.39, 0.29) is 11.6 Å². The molecule has 0 aliphatic carbocycles. The predicted molar refractivity (Wildman–Crippen MR) is 72.5 cm³/mol. The maximum Gasteiger partial charge on any atom is 0.335 e. The third-order valence-electron chi connectivity index (χ3n) is 2.72. The molecule has 0 unspecified atom stereocenters. The van der Waals surface area contributed by atoms with Crippen LogP contribution in [0.15, 0.2) is 36.5 Å². The Kier molecular flexibility index (Phi) is 3.99. The normalized spacial score (nSPS) is 10.1. The number of nitrogens with zero attached hydrogens (tertiary/aromatic N) is 2. The Hall–Kier alpha value is -2.83. The van der Waals surface area contributed by atoms with Crippen molar-refractivity contribution >= 4 is 17.8 Å². The van der Waals surface area contributed by atoms with Crippen LogP contribution in [0, 0.1) is 0 Å². The Bertz CT molecular complexity index is 619. The lowest BCUT2D eigenvalue weighted by atomic mass is 10.1. The molecule has 0 aliphatic heterocycles. The lowest BCUT2D eigenvalue weighted by molar-refractivity contribution is 0.0697. The number of amides is 2. The summed E-state index contributed by atoms with van der Waals surface area (Å²) in [5, 5.41) is 18.0. The largest absolute Gasteiger partial charge is 0.478 e. The van der Waals surface area contributed by atoms with Crippen molar-refractivity contribution in [3.63, 3.8) is 0 Å². The van der Waals surface area contributed by atoms with Gasteiger partial charge in [0.25, 0.3) is 0 Å². The number of aromatic carboxylic acids is 1. The number of hydrogen-bond acceptors (Lipinski definition) is 3. The van der Waals surface area contributed by atoms with Crippen LogP contribution in [0.25, 0.3) is 0 Å². The fourth-order valence-electron chi connectivity index (χ4n) is 1.60. The number of anilines is 1. The average molecular weight is 274 g/mol. The maximum atomic E-state index is 11.7. The highest BCUT2D eigenvalue weighted by Gasteiger charge is 2.05. The van der Waals surface area contributed by atoms with Gasteiger partial charge in [0.1, 0.15) is 5.82 Å². The van der Waals surface area contributed by atoms with E-state index in [4.69, 9.17) is 5.11 Å². The van der Waals surface area contributed by atoms with Crippen molar-refractivity contribution in [3.05, 3.63) is 47.7 Å². The second-order valence-corrected chi connectivity index (χ2v) is 4.15. The monoisotopic (exact) mass is 274 g/mol. The highest BCUT2D eigenvalue weighted by molar-refractivity contribution is 5.88. The number of carboxylic acid groups (broad SMARTS) is 1. The van der Waals surface area contributed by atoms with Crippen molar-refractivity contribution in [3.8, 4) is 0 Å². The SMILES string of the molecule is Cn1nccc1NC(=O)NCc1ccc(C(=O)O)cc1. The summed E-state index contributed by atoms with van der Waals surface area (Å²) in [6.45, 7) is 0.309. The maximum absolute atomic E-state index is 11.7. The number of aryl methyl sites for hydroxylation is 1. The third kappa shape index (κ3) is 3.35. The molecule has 1 aromatic carbocycles. The van der Waals surface area contributed by atoms with E-state index >= 15 is 0 Å². The molecule has 2 aromatic rings. The van der Waals surface area contributed by atoms with E-state index in [1.54, 1.807) is 36.1 Å². The Balaban J connectivity index is 1.87. The second-order valence-electron chi connectivity index (χ2n) is 4.15. The molecule has 0 atom stereocenters. The van der Waals surface area contributed by atoms with E-state index in [9.17, 15) is 9.59 Å². The molecule has 104 valence electrons. The lowest BCUT2D eigenvalue weighted by Crippen LogP contribution is -2.29. The number of carbonyl (C=O) groups is 2. The number of benzene rings is 1. The summed E-state index contributed by atoms with van der Waals surface area (Å²) in [4.78, 5) is 22.4. The summed E-state index contributed by atoms with van der Waals surface area (Å²) < 4.78 is 1.54. The van der Waals surface area contributed by atoms with E-state index in [0.717, 1.165) is 5.56 Å². The van der Waals surface area contributed by atoms with Crippen molar-refractivity contribution in [2.24, 2.45) is 7.05 Å². The minimum atomic E-state index is -0.974. The lowest BCUT2D eigenvalue weighted by Gasteiger charge is -2.07. The first kappa shape index (κ1) is 13.6. The van der Waals surface area contributed by atoms with Gasteiger partial charge in [-0.05, 0) is 17.7 Å². The number of urea groups is 1. The van der Waals surface area contributed by atoms with Crippen LogP contribution in [0.5, 0.6) is 0 Å². The van der Waals surface area contributed by atoms with Crippen LogP contribution in [0.1, 0.15) is 15.9 Å². The van der Waals surface area contributed by atoms with Crippen LogP contribution >= 0.6 is 0 Å². The molecule has 2 amide bonds. The summed E-state index contributed by atoms with van der Waals surface area (Å²) >= 11 is 0. The van der Waals surface area contributed by atoms with Gasteiger partial charge in [-0.15, -0.1) is 0 Å². The van der Waals surface area contributed by atoms with Gasteiger partial charge in [-0.3, -0.25) is 10.00 Å². The molecule has 20 heavy (non-hydrogen) atoms. The van der Waals surface area contributed by atoms with Crippen LogP contribution in [0.4, 0.5) is 10.6 Å². The van der Waals surface area contributed by atoms with E-state index < -0.39 is 5.97 Å². The van der Waals surface area contributed by atoms with Crippen LogP contribution < -0.4 is 10.6 Å². The molecule has 7 heteroatoms. The van der Waals surface area contributed by atoms with Crippen molar-refractivity contribution in [2.75, 3.05) is 5.32 Å². The number of nitrogens with one attached hydrogen (secondary N) is 2. The number of carboxylic acids is 1. The van der Waals surface area contributed by atoms with Gasteiger partial charge < -0.3 is 10.4 Å². The highest BCUT2D eigenvalue weighted by atomic mass is 16.4. The van der Waals surface area contributed by atoms with Crippen LogP contribution in [0.3, 0.4) is 0 Å². The summed E-state index contributed by atoms with van der Waals surface area (Å²) in [7, 11) is 1.72. The quantitative estimate of drug-likeness (QED) is 0.786. The van der Waals surface area contributed by atoms with Gasteiger partial charge >= 0.3 is 12.0 Å². The zero-order chi connectivity index (χ0) is 14.5. The average Bonchev–Trinajstić information content (AvgIpc) is 2.82. The van der Waals surface area contributed by atoms with Gasteiger partial charge in [0, 0.05) is 19.7 Å². The molecule has 3 N–H and O–H groups in total. The first-order chi connectivity index (χ1) is 9.56. The minimum absolute atomic E-state index is 0.216. The molecule has 0 bridgehead atoms. The Morgan fingerprint density at radius 3 is 2.50 bits per heavy atom. The van der Waals surface area contributed by atoms with Crippen LogP contribution in [0.2, 0.25) is 0 Å². The smallest absolute Gasteiger partial charge is 0.335 e. The zero-order valence-electron chi connectivity index (χ0n) is 10.8. The first-order valence-corrected chi connectivity index (χ1v) is 5.91. The fourth-order valence-corrected chi connectivity index (χ4v) is 1.60. The molecule has 1 aromatic heterocycles. The molecule has 0 spiro atoms. The first-order valence-electron chi connectivity index (χ1n) is 5.91. The summed E-state index contributed by atoms with van der Waals surface area (Å²) in [5.74, 6) is -0.387. The standard InChI is InChI=1S/C13H14N4O3/c1-17-11(6-7-15-17)16-13(20)14-8-9-2-4-10(5-3-9)12(18)19/h2-7H,8H2,1H3,(H,18,19)(H2,14,16,20). The van der Waals surface area contributed by atoms with E-state index in [1.165, 1.54) is 12.1 Å². The number of aromatic nitrogens is 2. The van der Waals surface area contributed by atoms with E-state index in [2.05, 4.69) is 15.7 Å². The van der Waals surface area contributed by atoms with Gasteiger partial charge in [-0.2, -0.15) is 5.10 Å². The summed E-state index contributed by atoms with van der Waals surface area (Å²) in [5.41, 5.74) is 1.03. The highest BCUT2D eigenvalue weighted by Crippen LogP contribution is 2.05. The molecule has 1 heterocycles. The van der Waals surface area contributed by atoms with E-state index in [1.807, 2.05) is 0 Å². The molecular formula is C13H14N4O3. The predicted octanol–water partition coefficient (Wildman–Crippen LogP) is 1.44. The minimum Gasteiger partial charge on any atom is -0.478 e. The Morgan fingerprint density at radius 1 is 1.25 bits per heavy atom. The van der Waals surface area contributed by atoms with Gasteiger partial charge in [-0.25, -0.2) is 9.59 Å². The molecule has 0 fully saturated rings. The molecular weight excluding hydrogens is 260 g/mol. The molecule has 0 radical (unpaired) electrons. The van der Waals surface area contributed by atoms with Crippen molar-refractivity contribution in [1.82, 2.24) is 15.1 Å². The molecule has 2 rings (SSSR count). The van der Waals surface area contributed by atoms with Crippen molar-refractivity contribution in [2.45, 2.75) is 6.54 Å². The van der Waals surface area contributed by atoms with Gasteiger partial charge in [0.15, 0.2) is 0 Å². The van der Waals surface area contributed by atoms with Crippen LogP contribution in [-0.2, 0) is 13.6 Å².